The largest absolute Gasteiger partial charge is 0.504 e. The monoisotopic (exact) mass is 235 g/mol. The molecule has 0 atom stereocenters. The topological polar surface area (TPSA) is 58.6 Å². The lowest BCUT2D eigenvalue weighted by molar-refractivity contribution is 0.0945. The summed E-state index contributed by atoms with van der Waals surface area (Å²) < 4.78 is 4.92. The normalized spacial score (nSPS) is 16.4. The Morgan fingerprint density at radius 3 is 2.76 bits per heavy atom. The van der Waals surface area contributed by atoms with Gasteiger partial charge in [-0.25, -0.2) is 0 Å². The summed E-state index contributed by atoms with van der Waals surface area (Å²) in [4.78, 5) is 11.8. The number of hydrogen-bond donors (Lipinski definition) is 2. The summed E-state index contributed by atoms with van der Waals surface area (Å²) in [5.74, 6) is 0.199. The first-order valence-corrected chi connectivity index (χ1v) is 5.69. The number of nitrogens with one attached hydrogen (secondary N) is 1. The zero-order valence-electron chi connectivity index (χ0n) is 10.1. The van der Waals surface area contributed by atoms with Crippen molar-refractivity contribution in [3.63, 3.8) is 0 Å². The van der Waals surface area contributed by atoms with Gasteiger partial charge in [-0.2, -0.15) is 0 Å². The Morgan fingerprint density at radius 1 is 1.53 bits per heavy atom. The number of ether oxygens (including phenoxy) is 1. The molecule has 1 amide bonds. The Balaban J connectivity index is 2.01. The SMILES string of the molecule is COc1ccc(C(=O)NCC2(C)CC2)cc1O. The molecule has 1 aromatic rings. The van der Waals surface area contributed by atoms with Crippen molar-refractivity contribution in [2.75, 3.05) is 13.7 Å². The van der Waals surface area contributed by atoms with Crippen LogP contribution >= 0.6 is 0 Å². The van der Waals surface area contributed by atoms with Gasteiger partial charge in [-0.1, -0.05) is 6.92 Å². The van der Waals surface area contributed by atoms with Crippen LogP contribution in [0.3, 0.4) is 0 Å². The smallest absolute Gasteiger partial charge is 0.251 e. The van der Waals surface area contributed by atoms with Gasteiger partial charge in [0.15, 0.2) is 11.5 Å². The highest BCUT2D eigenvalue weighted by Gasteiger charge is 2.37. The van der Waals surface area contributed by atoms with Crippen LogP contribution in [-0.2, 0) is 0 Å². The second-order valence-corrected chi connectivity index (χ2v) is 4.88. The number of carbonyl (C=O) groups is 1. The fourth-order valence-electron chi connectivity index (χ4n) is 1.62. The average Bonchev–Trinajstić information content (AvgIpc) is 3.05. The van der Waals surface area contributed by atoms with Crippen molar-refractivity contribution in [1.82, 2.24) is 5.32 Å². The predicted octanol–water partition coefficient (Wildman–Crippen LogP) is 1.93. The number of aromatic hydroxyl groups is 1. The highest BCUT2D eigenvalue weighted by atomic mass is 16.5. The minimum atomic E-state index is -0.156. The second-order valence-electron chi connectivity index (χ2n) is 4.88. The quantitative estimate of drug-likeness (QED) is 0.838. The Labute approximate surface area is 101 Å². The lowest BCUT2D eigenvalue weighted by Crippen LogP contribution is -2.28. The van der Waals surface area contributed by atoms with Gasteiger partial charge in [-0.15, -0.1) is 0 Å². The van der Waals surface area contributed by atoms with Crippen LogP contribution in [-0.4, -0.2) is 24.7 Å². The molecule has 1 aromatic carbocycles. The maximum atomic E-state index is 11.8. The molecule has 0 saturated heterocycles. The molecule has 1 aliphatic carbocycles. The number of phenols is 1. The molecule has 0 unspecified atom stereocenters. The number of phenolic OH excluding ortho intramolecular Hbond substituents is 1. The molecule has 0 bridgehead atoms. The van der Waals surface area contributed by atoms with Gasteiger partial charge in [-0.3, -0.25) is 4.79 Å². The van der Waals surface area contributed by atoms with Crippen LogP contribution in [0.4, 0.5) is 0 Å². The van der Waals surface area contributed by atoms with Crippen LogP contribution in [0.25, 0.3) is 0 Å². The number of amides is 1. The lowest BCUT2D eigenvalue weighted by atomic mass is 10.1. The summed E-state index contributed by atoms with van der Waals surface area (Å²) in [5, 5.41) is 12.5. The molecule has 1 fully saturated rings. The third kappa shape index (κ3) is 2.70. The van der Waals surface area contributed by atoms with Crippen molar-refractivity contribution in [2.24, 2.45) is 5.41 Å². The van der Waals surface area contributed by atoms with Gasteiger partial charge in [0.05, 0.1) is 7.11 Å². The van der Waals surface area contributed by atoms with Gasteiger partial charge in [0.25, 0.3) is 5.91 Å². The molecule has 1 saturated carbocycles. The van der Waals surface area contributed by atoms with Crippen LogP contribution in [0.1, 0.15) is 30.1 Å². The number of methoxy groups -OCH3 is 1. The first kappa shape index (κ1) is 11.8. The summed E-state index contributed by atoms with van der Waals surface area (Å²) in [6.45, 7) is 2.84. The van der Waals surface area contributed by atoms with E-state index in [2.05, 4.69) is 12.2 Å². The number of carbonyl (C=O) groups excluding carboxylic acids is 1. The minimum Gasteiger partial charge on any atom is -0.504 e. The highest BCUT2D eigenvalue weighted by molar-refractivity contribution is 5.94. The van der Waals surface area contributed by atoms with Crippen molar-refractivity contribution in [1.29, 1.82) is 0 Å². The van der Waals surface area contributed by atoms with Crippen LogP contribution < -0.4 is 10.1 Å². The summed E-state index contributed by atoms with van der Waals surface area (Å²) in [6.07, 6.45) is 2.34. The summed E-state index contributed by atoms with van der Waals surface area (Å²) in [5.41, 5.74) is 0.733. The van der Waals surface area contributed by atoms with Gasteiger partial charge in [0.2, 0.25) is 0 Å². The molecule has 0 aliphatic heterocycles. The Kier molecular flexibility index (Phi) is 2.96. The first-order chi connectivity index (χ1) is 8.04. The van der Waals surface area contributed by atoms with E-state index < -0.39 is 0 Å². The van der Waals surface area contributed by atoms with Crippen LogP contribution in [0.5, 0.6) is 11.5 Å². The van der Waals surface area contributed by atoms with Crippen molar-refractivity contribution in [2.45, 2.75) is 19.8 Å². The van der Waals surface area contributed by atoms with E-state index >= 15 is 0 Å². The number of hydrogen-bond acceptors (Lipinski definition) is 3. The fraction of sp³-hybridized carbons (Fsp3) is 0.462. The number of benzene rings is 1. The fourth-order valence-corrected chi connectivity index (χ4v) is 1.62. The molecule has 0 spiro atoms. The van der Waals surface area contributed by atoms with Gasteiger partial charge in [0, 0.05) is 12.1 Å². The van der Waals surface area contributed by atoms with Crippen molar-refractivity contribution < 1.29 is 14.6 Å². The summed E-state index contributed by atoms with van der Waals surface area (Å²) in [6, 6.07) is 4.65. The number of rotatable bonds is 4. The molecule has 4 nitrogen and oxygen atoms in total. The second kappa shape index (κ2) is 4.28. The zero-order chi connectivity index (χ0) is 12.5. The van der Waals surface area contributed by atoms with Crippen molar-refractivity contribution >= 4 is 5.91 Å². The Hall–Kier alpha value is -1.71. The third-order valence-corrected chi connectivity index (χ3v) is 3.22. The third-order valence-electron chi connectivity index (χ3n) is 3.22. The van der Waals surface area contributed by atoms with Crippen LogP contribution in [0.15, 0.2) is 18.2 Å². The van der Waals surface area contributed by atoms with E-state index in [1.165, 1.54) is 26.0 Å². The molecule has 2 rings (SSSR count). The van der Waals surface area contributed by atoms with E-state index in [0.717, 1.165) is 0 Å². The van der Waals surface area contributed by atoms with E-state index in [9.17, 15) is 9.90 Å². The summed E-state index contributed by atoms with van der Waals surface area (Å²) in [7, 11) is 1.47. The van der Waals surface area contributed by atoms with Gasteiger partial charge >= 0.3 is 0 Å². The zero-order valence-corrected chi connectivity index (χ0v) is 10.1. The van der Waals surface area contributed by atoms with E-state index in [0.29, 0.717) is 17.9 Å². The molecule has 0 heterocycles. The standard InChI is InChI=1S/C13H17NO3/c1-13(5-6-13)8-14-12(16)9-3-4-11(17-2)10(15)7-9/h3-4,7,15H,5-6,8H2,1-2H3,(H,14,16). The molecule has 92 valence electrons. The van der Waals surface area contributed by atoms with E-state index in [1.807, 2.05) is 0 Å². The Morgan fingerprint density at radius 2 is 2.24 bits per heavy atom. The van der Waals surface area contributed by atoms with Crippen LogP contribution in [0, 0.1) is 5.41 Å². The summed E-state index contributed by atoms with van der Waals surface area (Å²) >= 11 is 0. The van der Waals surface area contributed by atoms with Gasteiger partial charge < -0.3 is 15.2 Å². The molecule has 17 heavy (non-hydrogen) atoms. The minimum absolute atomic E-state index is 0.0159. The van der Waals surface area contributed by atoms with Crippen LogP contribution in [0.2, 0.25) is 0 Å². The van der Waals surface area contributed by atoms with E-state index in [4.69, 9.17) is 4.74 Å². The van der Waals surface area contributed by atoms with Gasteiger partial charge in [0.1, 0.15) is 0 Å². The van der Waals surface area contributed by atoms with E-state index in [-0.39, 0.29) is 17.1 Å². The van der Waals surface area contributed by atoms with E-state index in [1.54, 1.807) is 12.1 Å². The molecule has 0 aromatic heterocycles. The first-order valence-electron chi connectivity index (χ1n) is 5.69. The van der Waals surface area contributed by atoms with Crippen molar-refractivity contribution in [3.8, 4) is 11.5 Å². The molecular formula is C13H17NO3. The maximum absolute atomic E-state index is 11.8. The maximum Gasteiger partial charge on any atom is 0.251 e. The molecule has 2 N–H and O–H groups in total. The lowest BCUT2D eigenvalue weighted by Gasteiger charge is -2.11. The highest BCUT2D eigenvalue weighted by Crippen LogP contribution is 2.44. The molecule has 1 aliphatic rings. The van der Waals surface area contributed by atoms with Crippen molar-refractivity contribution in [3.05, 3.63) is 23.8 Å². The van der Waals surface area contributed by atoms with Gasteiger partial charge in [-0.05, 0) is 36.5 Å². The molecule has 0 radical (unpaired) electrons. The predicted molar refractivity (Wildman–Crippen MR) is 64.3 cm³/mol. The average molecular weight is 235 g/mol. The Bertz CT molecular complexity index is 438. The molecular weight excluding hydrogens is 218 g/mol. The molecule has 4 heteroatoms.